The molecule has 0 saturated carbocycles. The number of methoxy groups -OCH3 is 2. The van der Waals surface area contributed by atoms with Gasteiger partial charge >= 0.3 is 0 Å². The van der Waals surface area contributed by atoms with Crippen molar-refractivity contribution in [1.29, 1.82) is 0 Å². The molecule has 0 unspecified atom stereocenters. The van der Waals surface area contributed by atoms with Crippen molar-refractivity contribution in [3.8, 4) is 11.5 Å². The van der Waals surface area contributed by atoms with Crippen LogP contribution in [-0.2, 0) is 0 Å². The molecule has 0 amide bonds. The second kappa shape index (κ2) is 6.43. The standard InChI is InChI=1S/C14H9BF6O2/c1-22-13-6(3-5(16)4-7(13)17)15-8-9(18)11(20)12(21)14(23-2)10(8)19/h3-4,15H,1-2H3. The monoisotopic (exact) mass is 334 g/mol. The third-order valence-electron chi connectivity index (χ3n) is 3.17. The van der Waals surface area contributed by atoms with E-state index >= 15 is 0 Å². The summed E-state index contributed by atoms with van der Waals surface area (Å²) in [7, 11) is 1.16. The highest BCUT2D eigenvalue weighted by Crippen LogP contribution is 2.24. The van der Waals surface area contributed by atoms with Gasteiger partial charge in [-0.1, -0.05) is 0 Å². The SMILES string of the molecule is COc1c(F)cc(F)cc1Bc1c(F)c(F)c(F)c(OC)c1F. The van der Waals surface area contributed by atoms with E-state index in [-0.39, 0.29) is 5.46 Å². The lowest BCUT2D eigenvalue weighted by molar-refractivity contribution is 0.338. The van der Waals surface area contributed by atoms with E-state index < -0.39 is 59.1 Å². The topological polar surface area (TPSA) is 18.5 Å². The summed E-state index contributed by atoms with van der Waals surface area (Å²) in [5, 5.41) is 0. The van der Waals surface area contributed by atoms with E-state index in [2.05, 4.69) is 4.74 Å². The molecule has 2 rings (SSSR count). The lowest BCUT2D eigenvalue weighted by Crippen LogP contribution is -2.35. The smallest absolute Gasteiger partial charge is 0.206 e. The van der Waals surface area contributed by atoms with Crippen LogP contribution in [0.25, 0.3) is 0 Å². The summed E-state index contributed by atoms with van der Waals surface area (Å²) >= 11 is 0. The zero-order valence-electron chi connectivity index (χ0n) is 11.9. The zero-order valence-corrected chi connectivity index (χ0v) is 11.9. The van der Waals surface area contributed by atoms with Crippen LogP contribution in [0.3, 0.4) is 0 Å². The summed E-state index contributed by atoms with van der Waals surface area (Å²) in [6.07, 6.45) is 0. The first-order chi connectivity index (χ1) is 10.8. The Morgan fingerprint density at radius 2 is 1.35 bits per heavy atom. The number of rotatable bonds is 4. The molecule has 0 aromatic heterocycles. The molecule has 0 fully saturated rings. The Labute approximate surface area is 127 Å². The Balaban J connectivity index is 2.64. The van der Waals surface area contributed by atoms with Crippen molar-refractivity contribution in [3.63, 3.8) is 0 Å². The molecule has 0 spiro atoms. The van der Waals surface area contributed by atoms with Gasteiger partial charge in [-0.25, -0.2) is 22.0 Å². The lowest BCUT2D eigenvalue weighted by Gasteiger charge is -2.13. The molecule has 0 aliphatic heterocycles. The predicted octanol–water partition coefficient (Wildman–Crippen LogP) is 1.93. The number of ether oxygens (including phenoxy) is 2. The second-order valence-electron chi connectivity index (χ2n) is 4.52. The van der Waals surface area contributed by atoms with Gasteiger partial charge in [0.15, 0.2) is 29.0 Å². The highest BCUT2D eigenvalue weighted by atomic mass is 19.2. The fourth-order valence-corrected chi connectivity index (χ4v) is 2.16. The molecule has 0 saturated heterocycles. The zero-order chi connectivity index (χ0) is 17.3. The molecule has 122 valence electrons. The molecule has 0 heterocycles. The van der Waals surface area contributed by atoms with Crippen LogP contribution in [0.1, 0.15) is 0 Å². The van der Waals surface area contributed by atoms with Gasteiger partial charge in [0.05, 0.1) is 14.2 Å². The normalized spacial score (nSPS) is 10.6. The summed E-state index contributed by atoms with van der Waals surface area (Å²) in [5.41, 5.74) is -1.22. The van der Waals surface area contributed by atoms with Crippen LogP contribution in [0.5, 0.6) is 11.5 Å². The fraction of sp³-hybridized carbons (Fsp3) is 0.143. The van der Waals surface area contributed by atoms with E-state index in [0.29, 0.717) is 6.07 Å². The van der Waals surface area contributed by atoms with E-state index in [0.717, 1.165) is 20.3 Å². The molecule has 0 atom stereocenters. The molecular weight excluding hydrogens is 325 g/mol. The number of benzene rings is 2. The maximum Gasteiger partial charge on any atom is 0.206 e. The molecule has 0 N–H and O–H groups in total. The van der Waals surface area contributed by atoms with Gasteiger partial charge < -0.3 is 9.47 Å². The maximum absolute atomic E-state index is 14.1. The van der Waals surface area contributed by atoms with Crippen LogP contribution in [0, 0.1) is 34.9 Å². The fourth-order valence-electron chi connectivity index (χ4n) is 2.16. The van der Waals surface area contributed by atoms with Crippen molar-refractivity contribution in [3.05, 3.63) is 47.0 Å². The highest BCUT2D eigenvalue weighted by Gasteiger charge is 2.28. The van der Waals surface area contributed by atoms with Gasteiger partial charge in [-0.15, -0.1) is 0 Å². The summed E-state index contributed by atoms with van der Waals surface area (Å²) in [6.45, 7) is 0. The highest BCUT2D eigenvalue weighted by molar-refractivity contribution is 6.68. The quantitative estimate of drug-likeness (QED) is 0.368. The van der Waals surface area contributed by atoms with Gasteiger partial charge in [0.25, 0.3) is 0 Å². The molecule has 0 bridgehead atoms. The van der Waals surface area contributed by atoms with Crippen LogP contribution >= 0.6 is 0 Å². The van der Waals surface area contributed by atoms with E-state index in [1.54, 1.807) is 0 Å². The first-order valence-electron chi connectivity index (χ1n) is 6.22. The lowest BCUT2D eigenvalue weighted by atomic mass is 9.63. The largest absolute Gasteiger partial charge is 0.494 e. The first-order valence-corrected chi connectivity index (χ1v) is 6.22. The van der Waals surface area contributed by atoms with Crippen molar-refractivity contribution in [2.24, 2.45) is 0 Å². The van der Waals surface area contributed by atoms with E-state index in [1.807, 2.05) is 0 Å². The Morgan fingerprint density at radius 3 is 1.91 bits per heavy atom. The van der Waals surface area contributed by atoms with Crippen molar-refractivity contribution < 1.29 is 35.8 Å². The van der Waals surface area contributed by atoms with E-state index in [1.165, 1.54) is 0 Å². The van der Waals surface area contributed by atoms with Crippen LogP contribution in [0.2, 0.25) is 0 Å². The minimum Gasteiger partial charge on any atom is -0.494 e. The van der Waals surface area contributed by atoms with Crippen LogP contribution in [0.4, 0.5) is 26.3 Å². The summed E-state index contributed by atoms with van der Waals surface area (Å²) in [4.78, 5) is 0. The Bertz CT molecular complexity index is 766. The number of hydrogen-bond donors (Lipinski definition) is 0. The van der Waals surface area contributed by atoms with Gasteiger partial charge in [0.2, 0.25) is 13.1 Å². The van der Waals surface area contributed by atoms with Gasteiger partial charge in [-0.05, 0) is 17.0 Å². The van der Waals surface area contributed by atoms with Crippen molar-refractivity contribution >= 4 is 18.2 Å². The van der Waals surface area contributed by atoms with E-state index in [4.69, 9.17) is 4.74 Å². The van der Waals surface area contributed by atoms with Crippen LogP contribution in [0.15, 0.2) is 12.1 Å². The average Bonchev–Trinajstić information content (AvgIpc) is 2.49. The number of hydrogen-bond acceptors (Lipinski definition) is 2. The minimum absolute atomic E-state index is 0.282. The molecule has 2 aromatic carbocycles. The summed E-state index contributed by atoms with van der Waals surface area (Å²) in [6, 6.07) is 1.29. The predicted molar refractivity (Wildman–Crippen MR) is 72.2 cm³/mol. The Hall–Kier alpha value is -2.32. The Morgan fingerprint density at radius 1 is 0.739 bits per heavy atom. The van der Waals surface area contributed by atoms with Gasteiger partial charge in [0.1, 0.15) is 11.6 Å². The Kier molecular flexibility index (Phi) is 4.77. The van der Waals surface area contributed by atoms with Crippen molar-refractivity contribution in [2.45, 2.75) is 0 Å². The molecule has 0 aliphatic rings. The van der Waals surface area contributed by atoms with Crippen molar-refractivity contribution in [2.75, 3.05) is 14.2 Å². The molecule has 9 heteroatoms. The average molecular weight is 334 g/mol. The van der Waals surface area contributed by atoms with Gasteiger partial charge in [-0.3, -0.25) is 0 Å². The van der Waals surface area contributed by atoms with Crippen LogP contribution in [-0.4, -0.2) is 21.5 Å². The molecule has 23 heavy (non-hydrogen) atoms. The molecule has 2 nitrogen and oxygen atoms in total. The molecular formula is C14H9BF6O2. The van der Waals surface area contributed by atoms with Gasteiger partial charge in [0, 0.05) is 6.07 Å². The third kappa shape index (κ3) is 2.95. The van der Waals surface area contributed by atoms with E-state index in [9.17, 15) is 26.3 Å². The molecule has 2 aromatic rings. The summed E-state index contributed by atoms with van der Waals surface area (Å²) < 4.78 is 90.8. The third-order valence-corrected chi connectivity index (χ3v) is 3.17. The molecule has 0 radical (unpaired) electrons. The summed E-state index contributed by atoms with van der Waals surface area (Å²) in [5.74, 6) is -10.8. The van der Waals surface area contributed by atoms with Gasteiger partial charge in [-0.2, -0.15) is 4.39 Å². The minimum atomic E-state index is -1.95. The second-order valence-corrected chi connectivity index (χ2v) is 4.52. The molecule has 0 aliphatic carbocycles. The maximum atomic E-state index is 14.1. The van der Waals surface area contributed by atoms with Crippen LogP contribution < -0.4 is 20.4 Å². The number of halogens is 6. The first kappa shape index (κ1) is 17.0. The van der Waals surface area contributed by atoms with Crippen molar-refractivity contribution in [1.82, 2.24) is 0 Å².